The van der Waals surface area contributed by atoms with E-state index in [1.54, 1.807) is 13.0 Å². The van der Waals surface area contributed by atoms with Crippen LogP contribution in [-0.2, 0) is 16.1 Å². The van der Waals surface area contributed by atoms with Gasteiger partial charge in [-0.3, -0.25) is 0 Å². The van der Waals surface area contributed by atoms with Crippen LogP contribution in [0.2, 0.25) is 0 Å². The molecule has 3 aromatic rings. The van der Waals surface area contributed by atoms with Gasteiger partial charge in [-0.15, -0.1) is 0 Å². The minimum Gasteiger partial charge on any atom is -0.457 e. The van der Waals surface area contributed by atoms with Crippen LogP contribution in [0.3, 0.4) is 0 Å². The zero-order valence-electron chi connectivity index (χ0n) is 14.2. The largest absolute Gasteiger partial charge is 0.457 e. The molecule has 0 atom stereocenters. The van der Waals surface area contributed by atoms with Crippen LogP contribution in [-0.4, -0.2) is 11.1 Å². The number of ether oxygens (including phenoxy) is 1. The summed E-state index contributed by atoms with van der Waals surface area (Å²) in [5.41, 5.74) is 4.74. The molecule has 4 nitrogen and oxygen atoms in total. The van der Waals surface area contributed by atoms with Crippen molar-refractivity contribution in [2.24, 2.45) is 0 Å². The lowest BCUT2D eigenvalue weighted by Gasteiger charge is -2.03. The molecule has 0 aliphatic rings. The van der Waals surface area contributed by atoms with E-state index in [0.717, 1.165) is 27.9 Å². The molecule has 0 aliphatic heterocycles. The van der Waals surface area contributed by atoms with E-state index in [4.69, 9.17) is 9.26 Å². The van der Waals surface area contributed by atoms with Gasteiger partial charge in [0.2, 0.25) is 0 Å². The fraction of sp³-hybridized carbons (Fsp3) is 0.143. The number of esters is 1. The van der Waals surface area contributed by atoms with Crippen LogP contribution in [0.15, 0.2) is 65.2 Å². The third kappa shape index (κ3) is 4.23. The quantitative estimate of drug-likeness (QED) is 0.501. The molecule has 0 spiro atoms. The van der Waals surface area contributed by atoms with Crippen LogP contribution in [0, 0.1) is 13.8 Å². The van der Waals surface area contributed by atoms with Crippen LogP contribution in [0.5, 0.6) is 0 Å². The van der Waals surface area contributed by atoms with Gasteiger partial charge >= 0.3 is 5.97 Å². The van der Waals surface area contributed by atoms with Gasteiger partial charge < -0.3 is 9.26 Å². The first-order chi connectivity index (χ1) is 12.1. The van der Waals surface area contributed by atoms with Crippen molar-refractivity contribution in [2.45, 2.75) is 20.5 Å². The van der Waals surface area contributed by atoms with E-state index in [2.05, 4.69) is 17.3 Å². The third-order valence-electron chi connectivity index (χ3n) is 3.95. The minimum atomic E-state index is -0.398. The normalized spacial score (nSPS) is 11.0. The van der Waals surface area contributed by atoms with Gasteiger partial charge in [0.1, 0.15) is 12.4 Å². The van der Waals surface area contributed by atoms with Crippen molar-refractivity contribution in [3.05, 3.63) is 83.3 Å². The standard InChI is InChI=1S/C21H19NO3/c1-15-20(16(2)25-22-15)14-24-21(23)12-11-17-7-6-10-19(13-17)18-8-4-3-5-9-18/h3-13H,14H2,1-2H3. The zero-order valence-corrected chi connectivity index (χ0v) is 14.2. The van der Waals surface area contributed by atoms with Crippen LogP contribution in [0.25, 0.3) is 17.2 Å². The molecule has 0 unspecified atom stereocenters. The van der Waals surface area contributed by atoms with Crippen LogP contribution >= 0.6 is 0 Å². The average molecular weight is 333 g/mol. The highest BCUT2D eigenvalue weighted by Crippen LogP contribution is 2.20. The van der Waals surface area contributed by atoms with Gasteiger partial charge in [0.15, 0.2) is 0 Å². The average Bonchev–Trinajstić information content (AvgIpc) is 2.97. The zero-order chi connectivity index (χ0) is 17.6. The maximum atomic E-state index is 11.9. The number of hydrogen-bond donors (Lipinski definition) is 0. The molecule has 0 saturated heterocycles. The molecule has 1 aromatic heterocycles. The Hall–Kier alpha value is -3.14. The molecule has 25 heavy (non-hydrogen) atoms. The van der Waals surface area contributed by atoms with Crippen molar-refractivity contribution < 1.29 is 14.1 Å². The van der Waals surface area contributed by atoms with Crippen molar-refractivity contribution in [1.29, 1.82) is 0 Å². The van der Waals surface area contributed by atoms with Gasteiger partial charge in [0.05, 0.1) is 11.3 Å². The van der Waals surface area contributed by atoms with E-state index in [0.29, 0.717) is 5.76 Å². The Bertz CT molecular complexity index is 875. The maximum Gasteiger partial charge on any atom is 0.331 e. The molecule has 0 amide bonds. The molecule has 0 saturated carbocycles. The summed E-state index contributed by atoms with van der Waals surface area (Å²) < 4.78 is 10.3. The van der Waals surface area contributed by atoms with E-state index in [-0.39, 0.29) is 6.61 Å². The Morgan fingerprint density at radius 2 is 1.84 bits per heavy atom. The van der Waals surface area contributed by atoms with Crippen LogP contribution in [0.1, 0.15) is 22.6 Å². The van der Waals surface area contributed by atoms with E-state index >= 15 is 0 Å². The van der Waals surface area contributed by atoms with Gasteiger partial charge in [-0.1, -0.05) is 53.7 Å². The molecule has 3 rings (SSSR count). The fourth-order valence-electron chi connectivity index (χ4n) is 2.52. The molecule has 1 heterocycles. The van der Waals surface area contributed by atoms with Crippen molar-refractivity contribution in [3.8, 4) is 11.1 Å². The van der Waals surface area contributed by atoms with Gasteiger partial charge in [0, 0.05) is 6.08 Å². The van der Waals surface area contributed by atoms with E-state index < -0.39 is 5.97 Å². The van der Waals surface area contributed by atoms with Crippen LogP contribution in [0.4, 0.5) is 0 Å². The molecule has 0 aliphatic carbocycles. The Morgan fingerprint density at radius 3 is 2.56 bits per heavy atom. The second kappa shape index (κ2) is 7.62. The topological polar surface area (TPSA) is 52.3 Å². The summed E-state index contributed by atoms with van der Waals surface area (Å²) in [6.07, 6.45) is 3.18. The molecular weight excluding hydrogens is 314 g/mol. The van der Waals surface area contributed by atoms with Gasteiger partial charge in [-0.2, -0.15) is 0 Å². The Balaban J connectivity index is 1.65. The van der Waals surface area contributed by atoms with E-state index in [9.17, 15) is 4.79 Å². The highest BCUT2D eigenvalue weighted by Gasteiger charge is 2.10. The van der Waals surface area contributed by atoms with E-state index in [1.807, 2.05) is 49.4 Å². The second-order valence-electron chi connectivity index (χ2n) is 5.74. The molecule has 0 radical (unpaired) electrons. The third-order valence-corrected chi connectivity index (χ3v) is 3.95. The highest BCUT2D eigenvalue weighted by atomic mass is 16.5. The fourth-order valence-corrected chi connectivity index (χ4v) is 2.52. The van der Waals surface area contributed by atoms with Gasteiger partial charge in [-0.05, 0) is 42.7 Å². The smallest absolute Gasteiger partial charge is 0.331 e. The molecule has 4 heteroatoms. The first kappa shape index (κ1) is 16.7. The lowest BCUT2D eigenvalue weighted by molar-refractivity contribution is -0.138. The Morgan fingerprint density at radius 1 is 1.08 bits per heavy atom. The summed E-state index contributed by atoms with van der Waals surface area (Å²) in [6.45, 7) is 3.78. The monoisotopic (exact) mass is 333 g/mol. The van der Waals surface area contributed by atoms with Crippen molar-refractivity contribution >= 4 is 12.0 Å². The summed E-state index contributed by atoms with van der Waals surface area (Å²) >= 11 is 0. The number of aryl methyl sites for hydroxylation is 2. The Kier molecular flexibility index (Phi) is 5.09. The summed E-state index contributed by atoms with van der Waals surface area (Å²) in [7, 11) is 0. The van der Waals surface area contributed by atoms with Crippen LogP contribution < -0.4 is 0 Å². The number of carbonyl (C=O) groups excluding carboxylic acids is 1. The first-order valence-electron chi connectivity index (χ1n) is 8.05. The van der Waals surface area contributed by atoms with E-state index in [1.165, 1.54) is 6.08 Å². The lowest BCUT2D eigenvalue weighted by atomic mass is 10.0. The Labute approximate surface area is 146 Å². The number of benzene rings is 2. The number of hydrogen-bond acceptors (Lipinski definition) is 4. The van der Waals surface area contributed by atoms with Crippen molar-refractivity contribution in [2.75, 3.05) is 0 Å². The second-order valence-corrected chi connectivity index (χ2v) is 5.74. The predicted molar refractivity (Wildman–Crippen MR) is 96.7 cm³/mol. The number of carbonyl (C=O) groups is 1. The first-order valence-corrected chi connectivity index (χ1v) is 8.05. The molecule has 0 bridgehead atoms. The minimum absolute atomic E-state index is 0.161. The predicted octanol–water partition coefficient (Wildman–Crippen LogP) is 4.72. The summed E-state index contributed by atoms with van der Waals surface area (Å²) in [5, 5.41) is 3.84. The molecule has 0 fully saturated rings. The highest BCUT2D eigenvalue weighted by molar-refractivity contribution is 5.87. The lowest BCUT2D eigenvalue weighted by Crippen LogP contribution is -2.02. The van der Waals surface area contributed by atoms with Gasteiger partial charge in [0.25, 0.3) is 0 Å². The molecular formula is C21H19NO3. The molecule has 2 aromatic carbocycles. The number of rotatable bonds is 5. The number of nitrogens with zero attached hydrogens (tertiary/aromatic N) is 1. The summed E-state index contributed by atoms with van der Waals surface area (Å²) in [4.78, 5) is 11.9. The maximum absolute atomic E-state index is 11.9. The SMILES string of the molecule is Cc1noc(C)c1COC(=O)C=Cc1cccc(-c2ccccc2)c1. The van der Waals surface area contributed by atoms with Gasteiger partial charge in [-0.25, -0.2) is 4.79 Å². The number of aromatic nitrogens is 1. The molecule has 126 valence electrons. The molecule has 0 N–H and O–H groups in total. The van der Waals surface area contributed by atoms with Crippen molar-refractivity contribution in [1.82, 2.24) is 5.16 Å². The summed E-state index contributed by atoms with van der Waals surface area (Å²) in [5.74, 6) is 0.273. The summed E-state index contributed by atoms with van der Waals surface area (Å²) in [6, 6.07) is 18.1. The van der Waals surface area contributed by atoms with Crippen molar-refractivity contribution in [3.63, 3.8) is 0 Å².